The smallest absolute Gasteiger partial charge is 0.325 e. The highest BCUT2D eigenvalue weighted by Gasteiger charge is 2.31. The molecule has 1 rings (SSSR count). The highest BCUT2D eigenvalue weighted by molar-refractivity contribution is 5.94. The summed E-state index contributed by atoms with van der Waals surface area (Å²) in [7, 11) is 0. The lowest BCUT2D eigenvalue weighted by Gasteiger charge is -2.26. The minimum absolute atomic E-state index is 0.162. The number of nitrogens with one attached hydrogen (secondary N) is 4. The number of hydrogen-bond acceptors (Lipinski definition) is 7. The second kappa shape index (κ2) is 12.4. The van der Waals surface area contributed by atoms with Gasteiger partial charge in [0.1, 0.15) is 18.1 Å². The van der Waals surface area contributed by atoms with Gasteiger partial charge in [0.05, 0.1) is 12.4 Å². The third-order valence-electron chi connectivity index (χ3n) is 4.59. The van der Waals surface area contributed by atoms with Gasteiger partial charge in [0, 0.05) is 24.7 Å². The molecular weight excluding hydrogens is 424 g/mol. The van der Waals surface area contributed by atoms with Crippen LogP contribution in [0.4, 0.5) is 0 Å². The van der Waals surface area contributed by atoms with E-state index in [1.807, 2.05) is 0 Å². The quantitative estimate of drug-likeness (QED) is 0.181. The maximum absolute atomic E-state index is 12.8. The SMILES string of the molecule is CC(NC(=O)C(CCC(=O)O)NC(=O)C(NC(=O)C(N)Cc1cnc[nH]1)C(C)C)C(=O)O. The van der Waals surface area contributed by atoms with Crippen LogP contribution < -0.4 is 21.7 Å². The topological polar surface area (TPSA) is 217 Å². The van der Waals surface area contributed by atoms with Crippen LogP contribution in [0.2, 0.25) is 0 Å². The van der Waals surface area contributed by atoms with E-state index in [4.69, 9.17) is 15.9 Å². The highest BCUT2D eigenvalue weighted by Crippen LogP contribution is 2.07. The number of nitrogens with two attached hydrogens (primary N) is 1. The normalized spacial score (nSPS) is 14.7. The first-order valence-electron chi connectivity index (χ1n) is 10.0. The number of aromatic nitrogens is 2. The monoisotopic (exact) mass is 454 g/mol. The molecule has 1 heterocycles. The Balaban J connectivity index is 2.86. The van der Waals surface area contributed by atoms with Gasteiger partial charge in [-0.2, -0.15) is 0 Å². The predicted octanol–water partition coefficient (Wildman–Crippen LogP) is -1.64. The molecule has 0 aliphatic carbocycles. The van der Waals surface area contributed by atoms with Crippen LogP contribution in [0, 0.1) is 5.92 Å². The number of H-pyrrole nitrogens is 1. The first-order chi connectivity index (χ1) is 14.9. The zero-order chi connectivity index (χ0) is 24.4. The maximum Gasteiger partial charge on any atom is 0.325 e. The number of aliphatic carboxylic acids is 2. The van der Waals surface area contributed by atoms with E-state index in [0.717, 1.165) is 0 Å². The molecule has 0 aromatic carbocycles. The Kier molecular flexibility index (Phi) is 10.3. The van der Waals surface area contributed by atoms with Gasteiger partial charge in [-0.3, -0.25) is 24.0 Å². The first-order valence-corrected chi connectivity index (χ1v) is 10.0. The number of imidazole rings is 1. The molecule has 0 bridgehead atoms. The number of carboxylic acids is 2. The van der Waals surface area contributed by atoms with Crippen LogP contribution in [0.15, 0.2) is 12.5 Å². The van der Waals surface area contributed by atoms with Crippen molar-refractivity contribution in [3.63, 3.8) is 0 Å². The number of carboxylic acid groups (broad SMARTS) is 2. The first kappa shape index (κ1) is 26.6. The minimum atomic E-state index is -1.31. The van der Waals surface area contributed by atoms with E-state index in [0.29, 0.717) is 5.69 Å². The zero-order valence-electron chi connectivity index (χ0n) is 18.1. The highest BCUT2D eigenvalue weighted by atomic mass is 16.4. The number of amides is 3. The molecule has 0 spiro atoms. The lowest BCUT2D eigenvalue weighted by molar-refractivity contribution is -0.142. The summed E-state index contributed by atoms with van der Waals surface area (Å²) in [5.74, 6) is -5.05. The Hall–Kier alpha value is -3.48. The molecule has 178 valence electrons. The van der Waals surface area contributed by atoms with Crippen molar-refractivity contribution >= 4 is 29.7 Å². The molecule has 13 heteroatoms. The van der Waals surface area contributed by atoms with E-state index in [9.17, 15) is 24.0 Å². The second-order valence-electron chi connectivity index (χ2n) is 7.68. The molecule has 4 unspecified atom stereocenters. The van der Waals surface area contributed by atoms with Gasteiger partial charge in [0.25, 0.3) is 0 Å². The molecule has 3 amide bonds. The summed E-state index contributed by atoms with van der Waals surface area (Å²) < 4.78 is 0. The molecule has 8 N–H and O–H groups in total. The summed E-state index contributed by atoms with van der Waals surface area (Å²) in [6.45, 7) is 4.57. The molecule has 1 aromatic rings. The van der Waals surface area contributed by atoms with Crippen LogP contribution in [0.1, 0.15) is 39.3 Å². The van der Waals surface area contributed by atoms with Crippen LogP contribution in [-0.2, 0) is 30.4 Å². The number of rotatable bonds is 13. The summed E-state index contributed by atoms with van der Waals surface area (Å²) in [6.07, 6.45) is 2.42. The van der Waals surface area contributed by atoms with Crippen molar-refractivity contribution in [2.24, 2.45) is 11.7 Å². The Morgan fingerprint density at radius 1 is 1.03 bits per heavy atom. The van der Waals surface area contributed by atoms with Crippen LogP contribution >= 0.6 is 0 Å². The van der Waals surface area contributed by atoms with Crippen LogP contribution in [0.25, 0.3) is 0 Å². The van der Waals surface area contributed by atoms with Crippen LogP contribution in [-0.4, -0.2) is 74.0 Å². The molecule has 0 aliphatic rings. The van der Waals surface area contributed by atoms with E-state index in [2.05, 4.69) is 25.9 Å². The Labute approximate surface area is 184 Å². The van der Waals surface area contributed by atoms with Crippen molar-refractivity contribution in [2.45, 2.75) is 64.2 Å². The van der Waals surface area contributed by atoms with Gasteiger partial charge in [-0.15, -0.1) is 0 Å². The van der Waals surface area contributed by atoms with Gasteiger partial charge >= 0.3 is 11.9 Å². The number of carbonyl (C=O) groups excluding carboxylic acids is 3. The fourth-order valence-electron chi connectivity index (χ4n) is 2.70. The fourth-order valence-corrected chi connectivity index (χ4v) is 2.70. The molecule has 4 atom stereocenters. The van der Waals surface area contributed by atoms with Crippen molar-refractivity contribution in [3.05, 3.63) is 18.2 Å². The number of nitrogens with zero attached hydrogens (tertiary/aromatic N) is 1. The van der Waals surface area contributed by atoms with Crippen LogP contribution in [0.3, 0.4) is 0 Å². The number of carbonyl (C=O) groups is 5. The molecule has 13 nitrogen and oxygen atoms in total. The van der Waals surface area contributed by atoms with Crippen molar-refractivity contribution in [1.29, 1.82) is 0 Å². The molecule has 0 saturated carbocycles. The number of aromatic amines is 1. The molecule has 0 saturated heterocycles. The van der Waals surface area contributed by atoms with Gasteiger partial charge in [-0.25, -0.2) is 4.98 Å². The van der Waals surface area contributed by atoms with Crippen molar-refractivity contribution < 1.29 is 34.2 Å². The molecule has 0 radical (unpaired) electrons. The summed E-state index contributed by atoms with van der Waals surface area (Å²) in [4.78, 5) is 66.3. The van der Waals surface area contributed by atoms with E-state index >= 15 is 0 Å². The van der Waals surface area contributed by atoms with Crippen molar-refractivity contribution in [2.75, 3.05) is 0 Å². The standard InChI is InChI=1S/C19H30N6O7/c1-9(2)15(25-16(28)12(20)6-11-7-21-8-22-11)18(30)24-13(4-5-14(26)27)17(29)23-10(3)19(31)32/h7-10,12-13,15H,4-6,20H2,1-3H3,(H,21,22)(H,23,29)(H,24,30)(H,25,28)(H,26,27)(H,31,32). The van der Waals surface area contributed by atoms with E-state index in [-0.39, 0.29) is 18.8 Å². The minimum Gasteiger partial charge on any atom is -0.481 e. The molecule has 1 aromatic heterocycles. The van der Waals surface area contributed by atoms with Gasteiger partial charge in [-0.05, 0) is 19.3 Å². The average Bonchev–Trinajstić information content (AvgIpc) is 3.21. The van der Waals surface area contributed by atoms with Crippen molar-refractivity contribution in [3.8, 4) is 0 Å². The number of hydrogen-bond donors (Lipinski definition) is 7. The Morgan fingerprint density at radius 3 is 2.19 bits per heavy atom. The van der Waals surface area contributed by atoms with E-state index in [1.54, 1.807) is 13.8 Å². The lowest BCUT2D eigenvalue weighted by Crippen LogP contribution is -2.58. The van der Waals surface area contributed by atoms with Crippen LogP contribution in [0.5, 0.6) is 0 Å². The van der Waals surface area contributed by atoms with Gasteiger partial charge in [0.15, 0.2) is 0 Å². The molecular formula is C19H30N6O7. The Morgan fingerprint density at radius 2 is 1.69 bits per heavy atom. The van der Waals surface area contributed by atoms with E-state index < -0.39 is 60.2 Å². The van der Waals surface area contributed by atoms with Gasteiger partial charge in [0.2, 0.25) is 17.7 Å². The summed E-state index contributed by atoms with van der Waals surface area (Å²) in [6, 6.07) is -4.58. The molecule has 0 aliphatic heterocycles. The van der Waals surface area contributed by atoms with E-state index in [1.165, 1.54) is 19.4 Å². The molecule has 0 fully saturated rings. The largest absolute Gasteiger partial charge is 0.481 e. The predicted molar refractivity (Wildman–Crippen MR) is 111 cm³/mol. The second-order valence-corrected chi connectivity index (χ2v) is 7.68. The maximum atomic E-state index is 12.8. The lowest BCUT2D eigenvalue weighted by atomic mass is 10.0. The van der Waals surface area contributed by atoms with Crippen molar-refractivity contribution in [1.82, 2.24) is 25.9 Å². The van der Waals surface area contributed by atoms with Gasteiger partial charge < -0.3 is 36.9 Å². The third kappa shape index (κ3) is 8.71. The fraction of sp³-hybridized carbons (Fsp3) is 0.579. The third-order valence-corrected chi connectivity index (χ3v) is 4.59. The molecule has 32 heavy (non-hydrogen) atoms. The summed E-state index contributed by atoms with van der Waals surface area (Å²) in [5, 5.41) is 25.0. The zero-order valence-corrected chi connectivity index (χ0v) is 18.1. The summed E-state index contributed by atoms with van der Waals surface area (Å²) >= 11 is 0. The Bertz CT molecular complexity index is 811. The summed E-state index contributed by atoms with van der Waals surface area (Å²) in [5.41, 5.74) is 6.53. The average molecular weight is 454 g/mol. The van der Waals surface area contributed by atoms with Gasteiger partial charge in [-0.1, -0.05) is 13.8 Å².